The van der Waals surface area contributed by atoms with Crippen molar-refractivity contribution in [3.05, 3.63) is 99.7 Å². The highest BCUT2D eigenvalue weighted by Gasteiger charge is 2.39. The Morgan fingerprint density at radius 3 is 2.24 bits per heavy atom. The fourth-order valence-corrected chi connectivity index (χ4v) is 4.16. The predicted molar refractivity (Wildman–Crippen MR) is 146 cm³/mol. The van der Waals surface area contributed by atoms with Crippen molar-refractivity contribution in [2.45, 2.75) is 33.8 Å². The van der Waals surface area contributed by atoms with E-state index >= 15 is 0 Å². The van der Waals surface area contributed by atoms with E-state index in [2.05, 4.69) is 10.6 Å². The molecule has 194 valence electrons. The average molecular weight is 532 g/mol. The molecule has 0 bridgehead atoms. The second-order valence-electron chi connectivity index (χ2n) is 9.12. The molecule has 0 fully saturated rings. The van der Waals surface area contributed by atoms with Crippen LogP contribution in [0.5, 0.6) is 0 Å². The molecule has 0 unspecified atom stereocenters. The molecule has 0 atom stereocenters. The molecule has 2 N–H and O–H groups in total. The second kappa shape index (κ2) is 10.9. The van der Waals surface area contributed by atoms with E-state index in [0.29, 0.717) is 28.2 Å². The summed E-state index contributed by atoms with van der Waals surface area (Å²) in [5.41, 5.74) is 3.72. The van der Waals surface area contributed by atoms with Crippen LogP contribution in [0, 0.1) is 13.8 Å². The molecule has 3 amide bonds. The molecule has 0 aliphatic carbocycles. The molecule has 8 nitrogen and oxygen atoms in total. The van der Waals surface area contributed by atoms with Crippen molar-refractivity contribution in [1.82, 2.24) is 0 Å². The van der Waals surface area contributed by atoms with E-state index in [9.17, 15) is 19.2 Å². The third kappa shape index (κ3) is 5.60. The average Bonchev–Trinajstić information content (AvgIpc) is 3.07. The standard InChI is InChI=1S/C29H26ClN3O5/c1-16(2)38-29(37)19-9-11-21(12-10-19)32-26(34)20-6-5-7-22(15-20)31-25-24(30)27(35)33(28(25)36)23-13-8-17(3)14-18(23)4/h5-16,31H,1-4H3,(H,32,34). The fraction of sp³-hybridized carbons (Fsp3) is 0.172. The second-order valence-corrected chi connectivity index (χ2v) is 9.49. The zero-order valence-corrected chi connectivity index (χ0v) is 22.1. The van der Waals surface area contributed by atoms with Crippen LogP contribution in [0.4, 0.5) is 17.1 Å². The highest BCUT2D eigenvalue weighted by atomic mass is 35.5. The minimum atomic E-state index is -0.624. The Morgan fingerprint density at radius 2 is 1.58 bits per heavy atom. The van der Waals surface area contributed by atoms with Gasteiger partial charge >= 0.3 is 5.97 Å². The Balaban J connectivity index is 1.48. The summed E-state index contributed by atoms with van der Waals surface area (Å²) in [5.74, 6) is -2.06. The lowest BCUT2D eigenvalue weighted by Gasteiger charge is -2.18. The van der Waals surface area contributed by atoms with Crippen molar-refractivity contribution in [2.24, 2.45) is 0 Å². The van der Waals surface area contributed by atoms with Crippen molar-refractivity contribution in [2.75, 3.05) is 15.5 Å². The zero-order chi connectivity index (χ0) is 27.6. The number of nitrogens with one attached hydrogen (secondary N) is 2. The van der Waals surface area contributed by atoms with Crippen LogP contribution in [0.25, 0.3) is 0 Å². The number of amides is 3. The van der Waals surface area contributed by atoms with E-state index in [1.807, 2.05) is 26.0 Å². The van der Waals surface area contributed by atoms with E-state index in [1.54, 1.807) is 68.4 Å². The van der Waals surface area contributed by atoms with Gasteiger partial charge in [0.1, 0.15) is 10.7 Å². The maximum atomic E-state index is 13.2. The third-order valence-electron chi connectivity index (χ3n) is 5.74. The van der Waals surface area contributed by atoms with Crippen LogP contribution in [0.3, 0.4) is 0 Å². The number of halogens is 1. The molecule has 0 spiro atoms. The molecule has 0 saturated carbocycles. The quantitative estimate of drug-likeness (QED) is 0.305. The Kier molecular flexibility index (Phi) is 7.64. The number of hydrogen-bond donors (Lipinski definition) is 2. The molecule has 0 saturated heterocycles. The van der Waals surface area contributed by atoms with Gasteiger partial charge in [-0.3, -0.25) is 14.4 Å². The molecule has 0 aromatic heterocycles. The minimum Gasteiger partial charge on any atom is -0.459 e. The Hall–Kier alpha value is -4.43. The number of imide groups is 1. The number of aryl methyl sites for hydroxylation is 2. The summed E-state index contributed by atoms with van der Waals surface area (Å²) in [4.78, 5) is 51.9. The van der Waals surface area contributed by atoms with Crippen LogP contribution in [-0.4, -0.2) is 29.8 Å². The van der Waals surface area contributed by atoms with Crippen LogP contribution in [0.15, 0.2) is 77.5 Å². The topological polar surface area (TPSA) is 105 Å². The van der Waals surface area contributed by atoms with E-state index < -0.39 is 23.7 Å². The first-order chi connectivity index (χ1) is 18.0. The largest absolute Gasteiger partial charge is 0.459 e. The summed E-state index contributed by atoms with van der Waals surface area (Å²) in [6, 6.07) is 18.2. The van der Waals surface area contributed by atoms with Gasteiger partial charge in [-0.05, 0) is 81.8 Å². The molecule has 0 radical (unpaired) electrons. The van der Waals surface area contributed by atoms with Crippen LogP contribution in [-0.2, 0) is 14.3 Å². The van der Waals surface area contributed by atoms with E-state index in [1.165, 1.54) is 0 Å². The summed E-state index contributed by atoms with van der Waals surface area (Å²) in [5, 5.41) is 5.43. The maximum Gasteiger partial charge on any atom is 0.338 e. The lowest BCUT2D eigenvalue weighted by atomic mass is 10.1. The summed E-state index contributed by atoms with van der Waals surface area (Å²) in [6.45, 7) is 7.27. The number of nitrogens with zero attached hydrogens (tertiary/aromatic N) is 1. The van der Waals surface area contributed by atoms with Gasteiger partial charge in [0, 0.05) is 16.9 Å². The number of rotatable bonds is 7. The van der Waals surface area contributed by atoms with Gasteiger partial charge in [0.15, 0.2) is 0 Å². The predicted octanol–water partition coefficient (Wildman–Crippen LogP) is 5.56. The lowest BCUT2D eigenvalue weighted by Crippen LogP contribution is -2.32. The summed E-state index contributed by atoms with van der Waals surface area (Å²) in [6.07, 6.45) is -0.235. The van der Waals surface area contributed by atoms with Crippen molar-refractivity contribution >= 4 is 52.4 Å². The van der Waals surface area contributed by atoms with Crippen LogP contribution >= 0.6 is 11.6 Å². The molecule has 1 heterocycles. The van der Waals surface area contributed by atoms with E-state index in [4.69, 9.17) is 16.3 Å². The highest BCUT2D eigenvalue weighted by Crippen LogP contribution is 2.32. The van der Waals surface area contributed by atoms with Crippen LogP contribution in [0.1, 0.15) is 45.7 Å². The first-order valence-corrected chi connectivity index (χ1v) is 12.3. The molecule has 9 heteroatoms. The smallest absolute Gasteiger partial charge is 0.338 e. The van der Waals surface area contributed by atoms with Crippen molar-refractivity contribution < 1.29 is 23.9 Å². The van der Waals surface area contributed by atoms with Crippen molar-refractivity contribution in [3.8, 4) is 0 Å². The van der Waals surface area contributed by atoms with Gasteiger partial charge in [-0.15, -0.1) is 0 Å². The van der Waals surface area contributed by atoms with Gasteiger partial charge < -0.3 is 15.4 Å². The highest BCUT2D eigenvalue weighted by molar-refractivity contribution is 6.53. The number of benzene rings is 3. The third-order valence-corrected chi connectivity index (χ3v) is 6.09. The van der Waals surface area contributed by atoms with Gasteiger partial charge in [0.05, 0.1) is 17.4 Å². The fourth-order valence-electron chi connectivity index (χ4n) is 3.94. The summed E-state index contributed by atoms with van der Waals surface area (Å²) >= 11 is 6.27. The Morgan fingerprint density at radius 1 is 0.868 bits per heavy atom. The van der Waals surface area contributed by atoms with Crippen LogP contribution in [0.2, 0.25) is 0 Å². The maximum absolute atomic E-state index is 13.2. The number of ether oxygens (including phenoxy) is 1. The molecule has 1 aliphatic heterocycles. The number of hydrogen-bond acceptors (Lipinski definition) is 6. The van der Waals surface area contributed by atoms with Gasteiger partial charge in [-0.1, -0.05) is 35.4 Å². The monoisotopic (exact) mass is 531 g/mol. The first kappa shape index (κ1) is 26.6. The first-order valence-electron chi connectivity index (χ1n) is 11.9. The van der Waals surface area contributed by atoms with E-state index in [-0.39, 0.29) is 16.8 Å². The molecule has 3 aromatic rings. The lowest BCUT2D eigenvalue weighted by molar-refractivity contribution is -0.120. The zero-order valence-electron chi connectivity index (χ0n) is 21.3. The number of esters is 1. The molecular formula is C29H26ClN3O5. The van der Waals surface area contributed by atoms with Gasteiger partial charge in [-0.2, -0.15) is 0 Å². The van der Waals surface area contributed by atoms with Gasteiger partial charge in [0.2, 0.25) is 0 Å². The van der Waals surface area contributed by atoms with Gasteiger partial charge in [0.25, 0.3) is 17.7 Å². The SMILES string of the molecule is Cc1ccc(N2C(=O)C(Cl)=C(Nc3cccc(C(=O)Nc4ccc(C(=O)OC(C)C)cc4)c3)C2=O)c(C)c1. The minimum absolute atomic E-state index is 0.0712. The molecule has 3 aromatic carbocycles. The Bertz CT molecular complexity index is 1480. The molecule has 4 rings (SSSR count). The van der Waals surface area contributed by atoms with Crippen LogP contribution < -0.4 is 15.5 Å². The van der Waals surface area contributed by atoms with Gasteiger partial charge in [-0.25, -0.2) is 9.69 Å². The Labute approximate surface area is 225 Å². The van der Waals surface area contributed by atoms with Crippen molar-refractivity contribution in [1.29, 1.82) is 0 Å². The number of carbonyl (C=O) groups excluding carboxylic acids is 4. The number of anilines is 3. The summed E-state index contributed by atoms with van der Waals surface area (Å²) < 4.78 is 5.16. The molecular weight excluding hydrogens is 506 g/mol. The van der Waals surface area contributed by atoms with E-state index in [0.717, 1.165) is 16.0 Å². The van der Waals surface area contributed by atoms with Crippen molar-refractivity contribution in [3.63, 3.8) is 0 Å². The summed E-state index contributed by atoms with van der Waals surface area (Å²) in [7, 11) is 0. The molecule has 38 heavy (non-hydrogen) atoms. The molecule has 1 aliphatic rings. The normalized spacial score (nSPS) is 13.3. The number of carbonyl (C=O) groups is 4.